The van der Waals surface area contributed by atoms with Crippen molar-refractivity contribution in [2.24, 2.45) is 0 Å². The van der Waals surface area contributed by atoms with E-state index in [0.717, 1.165) is 11.1 Å². The molecule has 66 valence electrons. The lowest BCUT2D eigenvalue weighted by Crippen LogP contribution is -1.76. The minimum atomic E-state index is -0.228. The minimum absolute atomic E-state index is 0.228. The van der Waals surface area contributed by atoms with Crippen LogP contribution in [-0.2, 0) is 0 Å². The van der Waals surface area contributed by atoms with Crippen molar-refractivity contribution < 1.29 is 4.39 Å². The maximum Gasteiger partial charge on any atom is 0.123 e. The molecule has 0 saturated heterocycles. The maximum absolute atomic E-state index is 12.5. The number of rotatable bonds is 0. The van der Waals surface area contributed by atoms with Crippen molar-refractivity contribution in [1.82, 2.24) is 0 Å². The van der Waals surface area contributed by atoms with Crippen LogP contribution in [0.2, 0.25) is 0 Å². The Morgan fingerprint density at radius 3 is 2.46 bits per heavy atom. The molecule has 0 fully saturated rings. The molecule has 0 heterocycles. The number of allylic oxidation sites excluding steroid dienone is 2. The van der Waals surface area contributed by atoms with Crippen LogP contribution in [0.15, 0.2) is 35.9 Å². The van der Waals surface area contributed by atoms with Crippen LogP contribution < -0.4 is 0 Å². The fourth-order valence-corrected chi connectivity index (χ4v) is 0.776. The van der Waals surface area contributed by atoms with E-state index in [9.17, 15) is 4.39 Å². The first-order valence-corrected chi connectivity index (χ1v) is 4.13. The largest absolute Gasteiger partial charge is 0.207 e. The molecule has 0 aliphatic carbocycles. The van der Waals surface area contributed by atoms with Gasteiger partial charge in [-0.3, -0.25) is 0 Å². The summed E-state index contributed by atoms with van der Waals surface area (Å²) in [5.74, 6) is 5.67. The molecule has 1 aromatic carbocycles. The molecule has 0 radical (unpaired) electrons. The van der Waals surface area contributed by atoms with Gasteiger partial charge in [0, 0.05) is 5.56 Å². The summed E-state index contributed by atoms with van der Waals surface area (Å²) in [5.41, 5.74) is 1.85. The molecule has 13 heavy (non-hydrogen) atoms. The molecule has 0 aliphatic rings. The smallest absolute Gasteiger partial charge is 0.123 e. The van der Waals surface area contributed by atoms with Crippen molar-refractivity contribution in [1.29, 1.82) is 0 Å². The zero-order chi connectivity index (χ0) is 9.68. The molecule has 0 unspecified atom stereocenters. The molecule has 0 saturated carbocycles. The number of hydrogen-bond acceptors (Lipinski definition) is 0. The van der Waals surface area contributed by atoms with Crippen LogP contribution in [0.5, 0.6) is 0 Å². The zero-order valence-electron chi connectivity index (χ0n) is 7.76. The highest BCUT2D eigenvalue weighted by Gasteiger charge is 1.87. The highest BCUT2D eigenvalue weighted by molar-refractivity contribution is 5.39. The lowest BCUT2D eigenvalue weighted by atomic mass is 10.2. The maximum atomic E-state index is 12.5. The Hall–Kier alpha value is -1.55. The summed E-state index contributed by atoms with van der Waals surface area (Å²) in [6.07, 6.45) is 1.94. The summed E-state index contributed by atoms with van der Waals surface area (Å²) in [4.78, 5) is 0. The Balaban J connectivity index is 2.84. The average molecular weight is 174 g/mol. The Morgan fingerprint density at radius 2 is 1.92 bits per heavy atom. The second-order valence-corrected chi connectivity index (χ2v) is 2.73. The van der Waals surface area contributed by atoms with Gasteiger partial charge in [-0.25, -0.2) is 4.39 Å². The predicted molar refractivity (Wildman–Crippen MR) is 52.7 cm³/mol. The van der Waals surface area contributed by atoms with Gasteiger partial charge in [0.25, 0.3) is 0 Å². The number of halogens is 1. The van der Waals surface area contributed by atoms with Crippen LogP contribution in [0, 0.1) is 17.7 Å². The summed E-state index contributed by atoms with van der Waals surface area (Å²) < 4.78 is 12.5. The van der Waals surface area contributed by atoms with E-state index in [1.807, 2.05) is 19.9 Å². The van der Waals surface area contributed by atoms with Gasteiger partial charge in [-0.1, -0.05) is 17.9 Å². The average Bonchev–Trinajstić information content (AvgIpc) is 2.16. The van der Waals surface area contributed by atoms with E-state index in [0.29, 0.717) is 0 Å². The quantitative estimate of drug-likeness (QED) is 0.530. The van der Waals surface area contributed by atoms with Crippen LogP contribution in [0.1, 0.15) is 19.4 Å². The molecule has 1 rings (SSSR count). The number of hydrogen-bond donors (Lipinski definition) is 0. The molecular formula is C12H11F. The predicted octanol–water partition coefficient (Wildman–Crippen LogP) is 3.14. The third kappa shape index (κ3) is 3.13. The van der Waals surface area contributed by atoms with E-state index < -0.39 is 0 Å². The van der Waals surface area contributed by atoms with Crippen LogP contribution in [0.4, 0.5) is 4.39 Å². The summed E-state index contributed by atoms with van der Waals surface area (Å²) in [5, 5.41) is 0. The van der Waals surface area contributed by atoms with Gasteiger partial charge in [-0.2, -0.15) is 0 Å². The number of benzene rings is 1. The van der Waals surface area contributed by atoms with Gasteiger partial charge in [0.1, 0.15) is 5.82 Å². The van der Waals surface area contributed by atoms with Crippen molar-refractivity contribution >= 4 is 0 Å². The Labute approximate surface area is 78.1 Å². The van der Waals surface area contributed by atoms with Crippen molar-refractivity contribution in [3.63, 3.8) is 0 Å². The lowest BCUT2D eigenvalue weighted by molar-refractivity contribution is 0.627. The highest BCUT2D eigenvalue weighted by atomic mass is 19.1. The van der Waals surface area contributed by atoms with E-state index in [1.165, 1.54) is 12.1 Å². The molecule has 0 N–H and O–H groups in total. The summed E-state index contributed by atoms with van der Waals surface area (Å²) in [7, 11) is 0. The third-order valence-corrected chi connectivity index (χ3v) is 1.68. The molecule has 0 spiro atoms. The van der Waals surface area contributed by atoms with Gasteiger partial charge in [0.05, 0.1) is 0 Å². The molecule has 0 aliphatic heterocycles. The lowest BCUT2D eigenvalue weighted by Gasteiger charge is -1.89. The van der Waals surface area contributed by atoms with Crippen molar-refractivity contribution in [2.45, 2.75) is 13.8 Å². The second-order valence-electron chi connectivity index (χ2n) is 2.73. The van der Waals surface area contributed by atoms with E-state index in [4.69, 9.17) is 0 Å². The van der Waals surface area contributed by atoms with Gasteiger partial charge in [0.2, 0.25) is 0 Å². The monoisotopic (exact) mass is 174 g/mol. The van der Waals surface area contributed by atoms with Crippen LogP contribution >= 0.6 is 0 Å². The fourth-order valence-electron chi connectivity index (χ4n) is 0.776. The van der Waals surface area contributed by atoms with Crippen molar-refractivity contribution in [2.75, 3.05) is 0 Å². The fraction of sp³-hybridized carbons (Fsp3) is 0.167. The first kappa shape index (κ1) is 9.54. The molecular weight excluding hydrogens is 163 g/mol. The van der Waals surface area contributed by atoms with Crippen LogP contribution in [-0.4, -0.2) is 0 Å². The highest BCUT2D eigenvalue weighted by Crippen LogP contribution is 2.01. The van der Waals surface area contributed by atoms with Crippen LogP contribution in [0.3, 0.4) is 0 Å². The van der Waals surface area contributed by atoms with Gasteiger partial charge in [-0.05, 0) is 43.7 Å². The first-order valence-electron chi connectivity index (χ1n) is 4.13. The Kier molecular flexibility index (Phi) is 3.28. The van der Waals surface area contributed by atoms with E-state index in [2.05, 4.69) is 11.8 Å². The standard InChI is InChI=1S/C12H11F/c1-3-10(2)4-5-11-6-8-12(13)9-7-11/h3,6-9H,1-2H3/b10-3+. The molecule has 1 aromatic rings. The molecule has 0 bridgehead atoms. The normalized spacial score (nSPS) is 10.5. The molecule has 0 aromatic heterocycles. The Bertz CT molecular complexity index is 360. The van der Waals surface area contributed by atoms with Crippen LogP contribution in [0.25, 0.3) is 0 Å². The van der Waals surface area contributed by atoms with Gasteiger partial charge >= 0.3 is 0 Å². The topological polar surface area (TPSA) is 0 Å². The van der Waals surface area contributed by atoms with Gasteiger partial charge in [-0.15, -0.1) is 0 Å². The summed E-state index contributed by atoms with van der Waals surface area (Å²) in [6.45, 7) is 3.88. The molecule has 0 atom stereocenters. The van der Waals surface area contributed by atoms with E-state index in [1.54, 1.807) is 12.1 Å². The molecule has 0 nitrogen and oxygen atoms in total. The van der Waals surface area contributed by atoms with E-state index in [-0.39, 0.29) is 5.82 Å². The van der Waals surface area contributed by atoms with Gasteiger partial charge < -0.3 is 0 Å². The van der Waals surface area contributed by atoms with Crippen molar-refractivity contribution in [3.05, 3.63) is 47.3 Å². The van der Waals surface area contributed by atoms with Crippen molar-refractivity contribution in [3.8, 4) is 11.8 Å². The summed E-state index contributed by atoms with van der Waals surface area (Å²) in [6, 6.07) is 6.17. The SMILES string of the molecule is C/C=C(\C)C#Cc1ccc(F)cc1. The Morgan fingerprint density at radius 1 is 1.31 bits per heavy atom. The summed E-state index contributed by atoms with van der Waals surface area (Å²) >= 11 is 0. The van der Waals surface area contributed by atoms with Gasteiger partial charge in [0.15, 0.2) is 0 Å². The minimum Gasteiger partial charge on any atom is -0.207 e. The third-order valence-electron chi connectivity index (χ3n) is 1.68. The molecule has 0 amide bonds. The van der Waals surface area contributed by atoms with E-state index >= 15 is 0 Å². The molecule has 1 heteroatoms. The first-order chi connectivity index (χ1) is 6.22. The second kappa shape index (κ2) is 4.47. The zero-order valence-corrected chi connectivity index (χ0v) is 7.76.